The minimum absolute atomic E-state index is 0.186. The van der Waals surface area contributed by atoms with Crippen molar-refractivity contribution in [3.63, 3.8) is 0 Å². The van der Waals surface area contributed by atoms with Gasteiger partial charge in [-0.05, 0) is 62.9 Å². The molecule has 2 rings (SSSR count). The van der Waals surface area contributed by atoms with E-state index in [2.05, 4.69) is 26.0 Å². The Morgan fingerprint density at radius 1 is 1.22 bits per heavy atom. The zero-order valence-corrected chi connectivity index (χ0v) is 12.0. The van der Waals surface area contributed by atoms with Gasteiger partial charge in [0.25, 0.3) is 0 Å². The maximum atomic E-state index is 10.7. The first-order valence-electron chi connectivity index (χ1n) is 7.71. The molecule has 0 saturated carbocycles. The predicted octanol–water partition coefficient (Wildman–Crippen LogP) is 4.62. The molecule has 1 heteroatoms. The lowest BCUT2D eigenvalue weighted by Crippen LogP contribution is -2.27. The molecular formula is C17H28O. The molecule has 102 valence electrons. The van der Waals surface area contributed by atoms with Crippen molar-refractivity contribution in [1.29, 1.82) is 0 Å². The number of hydrogen-bond donors (Lipinski definition) is 1. The van der Waals surface area contributed by atoms with Gasteiger partial charge in [0.1, 0.15) is 0 Å². The summed E-state index contributed by atoms with van der Waals surface area (Å²) in [6.07, 6.45) is 14.3. The highest BCUT2D eigenvalue weighted by Gasteiger charge is 2.27. The fourth-order valence-electron chi connectivity index (χ4n) is 3.62. The molecule has 0 amide bonds. The quantitative estimate of drug-likeness (QED) is 0.707. The van der Waals surface area contributed by atoms with Crippen LogP contribution in [0.1, 0.15) is 65.2 Å². The molecule has 0 fully saturated rings. The normalized spacial score (nSPS) is 31.9. The van der Waals surface area contributed by atoms with Crippen molar-refractivity contribution in [2.24, 2.45) is 11.8 Å². The highest BCUT2D eigenvalue weighted by molar-refractivity contribution is 5.15. The summed E-state index contributed by atoms with van der Waals surface area (Å²) >= 11 is 0. The van der Waals surface area contributed by atoms with Crippen LogP contribution in [0.4, 0.5) is 0 Å². The van der Waals surface area contributed by atoms with Gasteiger partial charge in [0.05, 0.1) is 6.10 Å². The van der Waals surface area contributed by atoms with Gasteiger partial charge in [0, 0.05) is 0 Å². The summed E-state index contributed by atoms with van der Waals surface area (Å²) in [5.41, 5.74) is 2.80. The van der Waals surface area contributed by atoms with Crippen LogP contribution in [-0.2, 0) is 0 Å². The molecule has 0 aliphatic heterocycles. The molecule has 3 unspecified atom stereocenters. The van der Waals surface area contributed by atoms with Gasteiger partial charge < -0.3 is 5.11 Å². The molecule has 0 bridgehead atoms. The fraction of sp³-hybridized carbons (Fsp3) is 0.765. The third kappa shape index (κ3) is 3.71. The number of hydrogen-bond acceptors (Lipinski definition) is 1. The summed E-state index contributed by atoms with van der Waals surface area (Å²) in [6.45, 7) is 4.48. The van der Waals surface area contributed by atoms with Gasteiger partial charge in [-0.1, -0.05) is 37.5 Å². The summed E-state index contributed by atoms with van der Waals surface area (Å²) in [6, 6.07) is 0. The third-order valence-corrected chi connectivity index (χ3v) is 4.48. The van der Waals surface area contributed by atoms with E-state index < -0.39 is 0 Å². The van der Waals surface area contributed by atoms with Crippen molar-refractivity contribution in [3.05, 3.63) is 23.3 Å². The molecule has 0 heterocycles. The van der Waals surface area contributed by atoms with E-state index in [4.69, 9.17) is 0 Å². The van der Waals surface area contributed by atoms with Crippen molar-refractivity contribution < 1.29 is 5.11 Å². The lowest BCUT2D eigenvalue weighted by Gasteiger charge is -2.31. The zero-order chi connectivity index (χ0) is 13.0. The van der Waals surface area contributed by atoms with E-state index in [9.17, 15) is 5.11 Å². The molecule has 0 spiro atoms. The summed E-state index contributed by atoms with van der Waals surface area (Å²) in [7, 11) is 0. The Morgan fingerprint density at radius 3 is 2.78 bits per heavy atom. The van der Waals surface area contributed by atoms with Gasteiger partial charge in [-0.3, -0.25) is 0 Å². The van der Waals surface area contributed by atoms with E-state index in [1.807, 2.05) is 0 Å². The number of aliphatic hydroxyl groups excluding tert-OH is 1. The Bertz CT molecular complexity index is 327. The summed E-state index contributed by atoms with van der Waals surface area (Å²) in [5, 5.41) is 10.7. The van der Waals surface area contributed by atoms with Gasteiger partial charge in [-0.25, -0.2) is 0 Å². The van der Waals surface area contributed by atoms with Gasteiger partial charge in [-0.2, -0.15) is 0 Å². The van der Waals surface area contributed by atoms with Gasteiger partial charge in [-0.15, -0.1) is 0 Å². The molecule has 0 aromatic heterocycles. The van der Waals surface area contributed by atoms with Crippen molar-refractivity contribution in [1.82, 2.24) is 0 Å². The third-order valence-electron chi connectivity index (χ3n) is 4.48. The van der Waals surface area contributed by atoms with Crippen LogP contribution in [0.5, 0.6) is 0 Å². The summed E-state index contributed by atoms with van der Waals surface area (Å²) < 4.78 is 0. The maximum absolute atomic E-state index is 10.7. The van der Waals surface area contributed by atoms with Crippen LogP contribution in [0.25, 0.3) is 0 Å². The molecule has 0 radical (unpaired) electrons. The Labute approximate surface area is 112 Å². The largest absolute Gasteiger partial charge is 0.388 e. The number of rotatable bonds is 2. The molecule has 18 heavy (non-hydrogen) atoms. The number of aliphatic hydroxyl groups is 1. The van der Waals surface area contributed by atoms with E-state index in [-0.39, 0.29) is 6.10 Å². The lowest BCUT2D eigenvalue weighted by molar-refractivity contribution is 0.120. The molecule has 2 aliphatic carbocycles. The highest BCUT2D eigenvalue weighted by atomic mass is 16.3. The Kier molecular flexibility index (Phi) is 5.05. The summed E-state index contributed by atoms with van der Waals surface area (Å²) in [5.74, 6) is 1.09. The topological polar surface area (TPSA) is 20.2 Å². The highest BCUT2D eigenvalue weighted by Crippen LogP contribution is 2.34. The Hall–Kier alpha value is -0.560. The van der Waals surface area contributed by atoms with Crippen LogP contribution < -0.4 is 0 Å². The van der Waals surface area contributed by atoms with Crippen molar-refractivity contribution >= 4 is 0 Å². The zero-order valence-electron chi connectivity index (χ0n) is 12.0. The van der Waals surface area contributed by atoms with E-state index in [1.165, 1.54) is 43.3 Å². The maximum Gasteiger partial charge on any atom is 0.0781 e. The molecule has 3 atom stereocenters. The first-order valence-corrected chi connectivity index (χ1v) is 7.71. The first-order chi connectivity index (χ1) is 8.66. The average molecular weight is 248 g/mol. The van der Waals surface area contributed by atoms with Crippen molar-refractivity contribution in [2.75, 3.05) is 0 Å². The van der Waals surface area contributed by atoms with Crippen LogP contribution in [0.2, 0.25) is 0 Å². The first kappa shape index (κ1) is 13.9. The van der Waals surface area contributed by atoms with Crippen LogP contribution in [0.3, 0.4) is 0 Å². The second-order valence-corrected chi connectivity index (χ2v) is 6.37. The average Bonchev–Trinajstić information content (AvgIpc) is 2.26. The molecule has 0 aromatic rings. The van der Waals surface area contributed by atoms with E-state index in [0.29, 0.717) is 11.8 Å². The summed E-state index contributed by atoms with van der Waals surface area (Å²) in [4.78, 5) is 0. The van der Waals surface area contributed by atoms with E-state index in [1.54, 1.807) is 0 Å². The predicted molar refractivity (Wildman–Crippen MR) is 77.4 cm³/mol. The number of allylic oxidation sites excluding steroid dienone is 3. The van der Waals surface area contributed by atoms with Crippen LogP contribution in [0.15, 0.2) is 23.3 Å². The van der Waals surface area contributed by atoms with Crippen molar-refractivity contribution in [2.45, 2.75) is 71.3 Å². The molecule has 1 nitrogen and oxygen atoms in total. The second kappa shape index (κ2) is 6.56. The molecular weight excluding hydrogens is 220 g/mol. The SMILES string of the molecule is CC1=CC(C)CC(C(O)C2=CCCCCCC2)C1. The van der Waals surface area contributed by atoms with E-state index >= 15 is 0 Å². The molecule has 0 saturated heterocycles. The van der Waals surface area contributed by atoms with E-state index in [0.717, 1.165) is 19.3 Å². The second-order valence-electron chi connectivity index (χ2n) is 6.37. The smallest absolute Gasteiger partial charge is 0.0781 e. The van der Waals surface area contributed by atoms with Gasteiger partial charge in [0.2, 0.25) is 0 Å². The van der Waals surface area contributed by atoms with Gasteiger partial charge >= 0.3 is 0 Å². The monoisotopic (exact) mass is 248 g/mol. The lowest BCUT2D eigenvalue weighted by atomic mass is 9.77. The van der Waals surface area contributed by atoms with Crippen LogP contribution in [0, 0.1) is 11.8 Å². The fourth-order valence-corrected chi connectivity index (χ4v) is 3.62. The minimum Gasteiger partial charge on any atom is -0.388 e. The Balaban J connectivity index is 2.01. The molecule has 1 N–H and O–H groups in total. The van der Waals surface area contributed by atoms with Gasteiger partial charge in [0.15, 0.2) is 0 Å². The van der Waals surface area contributed by atoms with Crippen LogP contribution in [-0.4, -0.2) is 11.2 Å². The molecule has 2 aliphatic rings. The molecule has 0 aromatic carbocycles. The van der Waals surface area contributed by atoms with Crippen LogP contribution >= 0.6 is 0 Å². The minimum atomic E-state index is -0.186. The standard InChI is InChI=1S/C17H28O/c1-13-10-14(2)12-16(11-13)17(18)15-8-6-4-3-5-7-9-15/h8,10,13,16-18H,3-7,9,11-12H2,1-2H3. The Morgan fingerprint density at radius 2 is 2.00 bits per heavy atom. The van der Waals surface area contributed by atoms with Crippen molar-refractivity contribution in [3.8, 4) is 0 Å².